The zero-order chi connectivity index (χ0) is 26.5. The zero-order valence-corrected chi connectivity index (χ0v) is 21.8. The number of nitrogens with one attached hydrogen (secondary N) is 2. The Bertz CT molecular complexity index is 1310. The second kappa shape index (κ2) is 11.5. The minimum atomic E-state index is -0.0383. The van der Waals surface area contributed by atoms with Crippen molar-refractivity contribution in [1.82, 2.24) is 24.8 Å². The zero-order valence-electron chi connectivity index (χ0n) is 21.8. The van der Waals surface area contributed by atoms with E-state index in [1.165, 1.54) is 0 Å². The van der Waals surface area contributed by atoms with Crippen LogP contribution in [0.5, 0.6) is 0 Å². The van der Waals surface area contributed by atoms with Crippen molar-refractivity contribution in [3.63, 3.8) is 0 Å². The Balaban J connectivity index is 1.32. The van der Waals surface area contributed by atoms with Crippen LogP contribution >= 0.6 is 0 Å². The first-order valence-corrected chi connectivity index (χ1v) is 13.0. The van der Waals surface area contributed by atoms with Crippen LogP contribution in [-0.4, -0.2) is 63.6 Å². The lowest BCUT2D eigenvalue weighted by atomic mass is 10.1. The topological polar surface area (TPSA) is 105 Å². The van der Waals surface area contributed by atoms with E-state index in [9.17, 15) is 9.59 Å². The predicted molar refractivity (Wildman–Crippen MR) is 145 cm³/mol. The third-order valence-electron chi connectivity index (χ3n) is 6.74. The molecule has 2 aliphatic heterocycles. The molecule has 3 aromatic rings. The summed E-state index contributed by atoms with van der Waals surface area (Å²) in [5.74, 6) is 1.39. The lowest BCUT2D eigenvalue weighted by Gasteiger charge is -2.29. The standard InChI is InChI=1S/C28H33N7O3/c1-3-20(2)31-26(36)16-21-5-4-6-23(15-21)35-18-24(27-29-9-10-34(27)19-35)32-25-8-7-22(17-30-25)28(37)33-11-13-38-14-12-33/h4-10,15,17-18,20H,3,11-14,16,19H2,1-2H3,(H,30,32)(H,31,36). The highest BCUT2D eigenvalue weighted by molar-refractivity contribution is 5.94. The maximum absolute atomic E-state index is 12.7. The monoisotopic (exact) mass is 515 g/mol. The molecular formula is C28H33N7O3. The average molecular weight is 516 g/mol. The van der Waals surface area contributed by atoms with Gasteiger partial charge in [0, 0.05) is 49.6 Å². The van der Waals surface area contributed by atoms with Crippen LogP contribution in [0.1, 0.15) is 42.0 Å². The number of rotatable bonds is 8. The Labute approximate surface area is 222 Å². The second-order valence-electron chi connectivity index (χ2n) is 9.56. The van der Waals surface area contributed by atoms with Gasteiger partial charge in [0.25, 0.3) is 5.91 Å². The first-order chi connectivity index (χ1) is 18.5. The van der Waals surface area contributed by atoms with Crippen LogP contribution in [0.3, 0.4) is 0 Å². The summed E-state index contributed by atoms with van der Waals surface area (Å²) in [5, 5.41) is 6.39. The summed E-state index contributed by atoms with van der Waals surface area (Å²) in [6.45, 7) is 6.95. The number of aromatic nitrogens is 3. The first kappa shape index (κ1) is 25.5. The molecule has 10 nitrogen and oxygen atoms in total. The number of ether oxygens (including phenoxy) is 1. The van der Waals surface area contributed by atoms with E-state index in [1.807, 2.05) is 48.2 Å². The summed E-state index contributed by atoms with van der Waals surface area (Å²) in [5.41, 5.74) is 3.25. The fraction of sp³-hybridized carbons (Fsp3) is 0.357. The number of hydrogen-bond donors (Lipinski definition) is 2. The van der Waals surface area contributed by atoms with E-state index in [4.69, 9.17) is 4.74 Å². The van der Waals surface area contributed by atoms with Crippen molar-refractivity contribution in [2.45, 2.75) is 39.4 Å². The van der Waals surface area contributed by atoms with Gasteiger partial charge in [-0.15, -0.1) is 0 Å². The summed E-state index contributed by atoms with van der Waals surface area (Å²) in [6.07, 6.45) is 8.52. The Morgan fingerprint density at radius 3 is 2.74 bits per heavy atom. The molecule has 10 heteroatoms. The van der Waals surface area contributed by atoms with Crippen LogP contribution < -0.4 is 15.5 Å². The molecule has 198 valence electrons. The van der Waals surface area contributed by atoms with E-state index in [0.29, 0.717) is 50.8 Å². The largest absolute Gasteiger partial charge is 0.378 e. The number of amides is 2. The molecule has 0 radical (unpaired) electrons. The van der Waals surface area contributed by atoms with Crippen molar-refractivity contribution < 1.29 is 14.3 Å². The molecule has 1 unspecified atom stereocenters. The number of carbonyl (C=O) groups excluding carboxylic acids is 2. The van der Waals surface area contributed by atoms with Gasteiger partial charge in [0.2, 0.25) is 5.91 Å². The molecule has 1 atom stereocenters. The molecule has 2 aliphatic rings. The molecular weight excluding hydrogens is 482 g/mol. The molecule has 38 heavy (non-hydrogen) atoms. The van der Waals surface area contributed by atoms with Gasteiger partial charge in [-0.2, -0.15) is 0 Å². The van der Waals surface area contributed by atoms with Gasteiger partial charge < -0.3 is 29.7 Å². The number of anilines is 2. The van der Waals surface area contributed by atoms with Crippen LogP contribution in [0.2, 0.25) is 0 Å². The third-order valence-corrected chi connectivity index (χ3v) is 6.74. The number of fused-ring (bicyclic) bond motifs is 1. The van der Waals surface area contributed by atoms with Crippen molar-refractivity contribution in [3.05, 3.63) is 78.1 Å². The normalized spacial score (nSPS) is 15.9. The molecule has 0 spiro atoms. The Morgan fingerprint density at radius 2 is 1.97 bits per heavy atom. The lowest BCUT2D eigenvalue weighted by Crippen LogP contribution is -2.40. The SMILES string of the molecule is CCC(C)NC(=O)Cc1cccc(N2C=C(Nc3ccc(C(=O)N4CCOCC4)cn3)c3nccn3C2)c1. The minimum Gasteiger partial charge on any atom is -0.378 e. The third kappa shape index (κ3) is 5.86. The van der Waals surface area contributed by atoms with E-state index in [0.717, 1.165) is 29.2 Å². The van der Waals surface area contributed by atoms with Gasteiger partial charge in [0.1, 0.15) is 12.5 Å². The number of hydrogen-bond acceptors (Lipinski definition) is 7. The summed E-state index contributed by atoms with van der Waals surface area (Å²) >= 11 is 0. The molecule has 0 bridgehead atoms. The van der Waals surface area contributed by atoms with Crippen molar-refractivity contribution in [1.29, 1.82) is 0 Å². The van der Waals surface area contributed by atoms with E-state index >= 15 is 0 Å². The molecule has 0 aliphatic carbocycles. The highest BCUT2D eigenvalue weighted by atomic mass is 16.5. The van der Waals surface area contributed by atoms with E-state index in [-0.39, 0.29) is 17.9 Å². The number of pyridine rings is 1. The van der Waals surface area contributed by atoms with Crippen molar-refractivity contribution in [2.24, 2.45) is 0 Å². The number of benzene rings is 1. The maximum atomic E-state index is 12.7. The minimum absolute atomic E-state index is 0.0200. The fourth-order valence-electron chi connectivity index (χ4n) is 4.47. The number of imidazole rings is 1. The Hall–Kier alpha value is -4.18. The number of nitrogens with zero attached hydrogens (tertiary/aromatic N) is 5. The summed E-state index contributed by atoms with van der Waals surface area (Å²) in [4.78, 5) is 38.1. The molecule has 0 saturated carbocycles. The molecule has 2 N–H and O–H groups in total. The van der Waals surface area contributed by atoms with Crippen LogP contribution in [0, 0.1) is 0 Å². The number of carbonyl (C=O) groups is 2. The maximum Gasteiger partial charge on any atom is 0.255 e. The molecule has 2 amide bonds. The summed E-state index contributed by atoms with van der Waals surface area (Å²) in [6, 6.07) is 11.7. The van der Waals surface area contributed by atoms with Crippen molar-refractivity contribution in [2.75, 3.05) is 36.5 Å². The second-order valence-corrected chi connectivity index (χ2v) is 9.56. The summed E-state index contributed by atoms with van der Waals surface area (Å²) in [7, 11) is 0. The number of morpholine rings is 1. The lowest BCUT2D eigenvalue weighted by molar-refractivity contribution is -0.121. The Kier molecular flexibility index (Phi) is 7.69. The highest BCUT2D eigenvalue weighted by Crippen LogP contribution is 2.27. The summed E-state index contributed by atoms with van der Waals surface area (Å²) < 4.78 is 7.38. The first-order valence-electron chi connectivity index (χ1n) is 13.0. The van der Waals surface area contributed by atoms with E-state index in [2.05, 4.69) is 32.4 Å². The fourth-order valence-corrected chi connectivity index (χ4v) is 4.47. The molecule has 1 fully saturated rings. The molecule has 4 heterocycles. The van der Waals surface area contributed by atoms with Crippen LogP contribution in [0.4, 0.5) is 11.5 Å². The molecule has 1 aromatic carbocycles. The van der Waals surface area contributed by atoms with Gasteiger partial charge >= 0.3 is 0 Å². The van der Waals surface area contributed by atoms with Gasteiger partial charge in [-0.25, -0.2) is 9.97 Å². The highest BCUT2D eigenvalue weighted by Gasteiger charge is 2.21. The van der Waals surface area contributed by atoms with Crippen molar-refractivity contribution >= 4 is 29.0 Å². The van der Waals surface area contributed by atoms with E-state index in [1.54, 1.807) is 29.4 Å². The van der Waals surface area contributed by atoms with Gasteiger partial charge in [-0.05, 0) is 43.2 Å². The predicted octanol–water partition coefficient (Wildman–Crippen LogP) is 3.10. The van der Waals surface area contributed by atoms with Crippen molar-refractivity contribution in [3.8, 4) is 0 Å². The molecule has 1 saturated heterocycles. The quantitative estimate of drug-likeness (QED) is 0.475. The molecule has 5 rings (SSSR count). The smallest absolute Gasteiger partial charge is 0.255 e. The van der Waals surface area contributed by atoms with Gasteiger partial charge in [-0.1, -0.05) is 19.1 Å². The van der Waals surface area contributed by atoms with Gasteiger partial charge in [0.15, 0.2) is 5.82 Å². The Morgan fingerprint density at radius 1 is 1.13 bits per heavy atom. The molecule has 2 aromatic heterocycles. The van der Waals surface area contributed by atoms with Gasteiger partial charge in [0.05, 0.1) is 30.9 Å². The van der Waals surface area contributed by atoms with E-state index < -0.39 is 0 Å². The van der Waals surface area contributed by atoms with Crippen LogP contribution in [0.15, 0.2) is 61.2 Å². The average Bonchev–Trinajstić information content (AvgIpc) is 3.43. The van der Waals surface area contributed by atoms with Gasteiger partial charge in [-0.3, -0.25) is 9.59 Å². The van der Waals surface area contributed by atoms with Crippen LogP contribution in [-0.2, 0) is 22.6 Å². The van der Waals surface area contributed by atoms with Crippen LogP contribution in [0.25, 0.3) is 5.70 Å².